The first kappa shape index (κ1) is 33.6. The molecule has 0 saturated carbocycles. The lowest BCUT2D eigenvalue weighted by molar-refractivity contribution is -0.115. The molecule has 0 radical (unpaired) electrons. The second kappa shape index (κ2) is 12.8. The zero-order chi connectivity index (χ0) is 34.3. The minimum Gasteiger partial charge on any atom is -0.378 e. The molecule has 47 heavy (non-hydrogen) atoms. The minimum absolute atomic E-state index is 0.0476. The quantitative estimate of drug-likeness (QED) is 0.226. The molecule has 1 aliphatic heterocycles. The molecule has 1 N–H and O–H groups in total. The zero-order valence-corrected chi connectivity index (χ0v) is 26.9. The molecule has 3 aromatic carbocycles. The topological polar surface area (TPSA) is 130 Å². The van der Waals surface area contributed by atoms with E-state index in [0.717, 1.165) is 53.3 Å². The van der Waals surface area contributed by atoms with Gasteiger partial charge in [-0.3, -0.25) is 9.69 Å². The molecule has 11 nitrogen and oxygen atoms in total. The van der Waals surface area contributed by atoms with Gasteiger partial charge in [-0.25, -0.2) is 27.3 Å². The SMILES string of the molecule is CC(C)c1ccc(N(C)C)cc1N1C(=O)CS/C1=N\C(=O)Nc1ccc(-c2ncn(-c3ccc(S(=O)(=O)C(F)(F)F)cc3)n2)cc1F. The van der Waals surface area contributed by atoms with Gasteiger partial charge in [-0.2, -0.15) is 18.2 Å². The minimum atomic E-state index is -5.51. The summed E-state index contributed by atoms with van der Waals surface area (Å²) < 4.78 is 78.0. The number of hydrogen-bond donors (Lipinski definition) is 1. The lowest BCUT2D eigenvalue weighted by Crippen LogP contribution is -2.31. The molecule has 5 rings (SSSR count). The predicted octanol–water partition coefficient (Wildman–Crippen LogP) is 6.22. The van der Waals surface area contributed by atoms with Gasteiger partial charge in [0.25, 0.3) is 9.84 Å². The standard InChI is InChI=1S/C30H27F4N7O4S2/c1-17(2)22-11-8-20(39(3)4)14-25(22)41-26(42)15-46-29(41)37-28(43)36-24-12-5-18(13-23(24)31)27-35-16-40(38-27)19-6-9-21(10-7-19)47(44,45)30(32,33)34/h5-14,16-17H,15H2,1-4H3,(H,36,43)/b37-29-. The van der Waals surface area contributed by atoms with Gasteiger partial charge in [0.15, 0.2) is 11.0 Å². The Balaban J connectivity index is 1.33. The first-order valence-electron chi connectivity index (χ1n) is 13.9. The van der Waals surface area contributed by atoms with Gasteiger partial charge in [-0.1, -0.05) is 31.7 Å². The molecule has 246 valence electrons. The van der Waals surface area contributed by atoms with Crippen LogP contribution >= 0.6 is 11.8 Å². The van der Waals surface area contributed by atoms with E-state index < -0.39 is 32.1 Å². The van der Waals surface area contributed by atoms with Crippen LogP contribution in [0.5, 0.6) is 0 Å². The van der Waals surface area contributed by atoms with Gasteiger partial charge in [0.05, 0.1) is 27.7 Å². The van der Waals surface area contributed by atoms with E-state index in [-0.39, 0.29) is 45.5 Å². The summed E-state index contributed by atoms with van der Waals surface area (Å²) in [4.78, 5) is 36.4. The van der Waals surface area contributed by atoms with E-state index in [4.69, 9.17) is 0 Å². The summed E-state index contributed by atoms with van der Waals surface area (Å²) in [5.41, 5.74) is -2.86. The number of aliphatic imine (C=N–C) groups is 1. The maximum atomic E-state index is 15.1. The highest BCUT2D eigenvalue weighted by atomic mass is 32.2. The highest BCUT2D eigenvalue weighted by Crippen LogP contribution is 2.36. The number of hydrogen-bond acceptors (Lipinski definition) is 8. The van der Waals surface area contributed by atoms with Crippen LogP contribution in [0.3, 0.4) is 0 Å². The summed E-state index contributed by atoms with van der Waals surface area (Å²) in [6, 6.07) is 12.5. The average Bonchev–Trinajstić information content (AvgIpc) is 3.64. The van der Waals surface area contributed by atoms with E-state index in [0.29, 0.717) is 5.69 Å². The van der Waals surface area contributed by atoms with E-state index in [1.165, 1.54) is 28.0 Å². The molecule has 0 aliphatic carbocycles. The molecule has 4 aromatic rings. The second-order valence-electron chi connectivity index (χ2n) is 10.8. The van der Waals surface area contributed by atoms with Gasteiger partial charge < -0.3 is 10.2 Å². The molecule has 1 fully saturated rings. The number of alkyl halides is 3. The van der Waals surface area contributed by atoms with Gasteiger partial charge in [0, 0.05) is 25.3 Å². The third kappa shape index (κ3) is 6.85. The summed E-state index contributed by atoms with van der Waals surface area (Å²) in [6.07, 6.45) is 1.22. The number of sulfone groups is 1. The van der Waals surface area contributed by atoms with Crippen LogP contribution < -0.4 is 15.1 Å². The smallest absolute Gasteiger partial charge is 0.378 e. The lowest BCUT2D eigenvalue weighted by atomic mass is 9.99. The third-order valence-corrected chi connectivity index (χ3v) is 9.46. The van der Waals surface area contributed by atoms with Crippen LogP contribution in [0.1, 0.15) is 25.3 Å². The highest BCUT2D eigenvalue weighted by Gasteiger charge is 2.46. The molecule has 2 heterocycles. The van der Waals surface area contributed by atoms with Crippen molar-refractivity contribution in [2.24, 2.45) is 4.99 Å². The lowest BCUT2D eigenvalue weighted by Gasteiger charge is -2.24. The highest BCUT2D eigenvalue weighted by molar-refractivity contribution is 8.15. The Hall–Kier alpha value is -4.77. The van der Waals surface area contributed by atoms with Crippen LogP contribution in [-0.2, 0) is 14.6 Å². The van der Waals surface area contributed by atoms with Crippen molar-refractivity contribution in [2.75, 3.05) is 35.0 Å². The Labute approximate surface area is 271 Å². The van der Waals surface area contributed by atoms with Crippen molar-refractivity contribution in [1.29, 1.82) is 0 Å². The van der Waals surface area contributed by atoms with Gasteiger partial charge in [-0.05, 0) is 66.1 Å². The fourth-order valence-corrected chi connectivity index (χ4v) is 6.21. The first-order valence-corrected chi connectivity index (χ1v) is 16.3. The molecule has 0 bridgehead atoms. The molecule has 1 saturated heterocycles. The van der Waals surface area contributed by atoms with Gasteiger partial charge in [0.1, 0.15) is 12.1 Å². The number of halogens is 4. The van der Waals surface area contributed by atoms with Crippen molar-refractivity contribution in [3.05, 3.63) is 78.4 Å². The van der Waals surface area contributed by atoms with Gasteiger partial charge in [-0.15, -0.1) is 5.10 Å². The summed E-state index contributed by atoms with van der Waals surface area (Å²) in [6.45, 7) is 3.98. The average molecular weight is 690 g/mol. The fourth-order valence-electron chi connectivity index (χ4n) is 4.59. The van der Waals surface area contributed by atoms with E-state index >= 15 is 4.39 Å². The van der Waals surface area contributed by atoms with E-state index in [9.17, 15) is 31.2 Å². The number of thioether (sulfide) groups is 1. The number of rotatable bonds is 7. The Morgan fingerprint density at radius 1 is 1.06 bits per heavy atom. The third-order valence-electron chi connectivity index (χ3n) is 7.03. The molecule has 0 spiro atoms. The van der Waals surface area contributed by atoms with Crippen LogP contribution in [-0.4, -0.2) is 65.6 Å². The fraction of sp³-hybridized carbons (Fsp3) is 0.233. The van der Waals surface area contributed by atoms with Crippen LogP contribution in [0.15, 0.2) is 76.9 Å². The Morgan fingerprint density at radius 3 is 2.38 bits per heavy atom. The number of benzene rings is 3. The van der Waals surface area contributed by atoms with Crippen LogP contribution in [0.25, 0.3) is 17.1 Å². The van der Waals surface area contributed by atoms with E-state index in [2.05, 4.69) is 20.4 Å². The molecule has 3 amide bonds. The summed E-state index contributed by atoms with van der Waals surface area (Å²) in [5.74, 6) is -0.877. The Morgan fingerprint density at radius 2 is 1.77 bits per heavy atom. The molecular weight excluding hydrogens is 663 g/mol. The van der Waals surface area contributed by atoms with E-state index in [1.54, 1.807) is 0 Å². The van der Waals surface area contributed by atoms with Crippen LogP contribution in [0.4, 0.5) is 39.4 Å². The zero-order valence-electron chi connectivity index (χ0n) is 25.3. The summed E-state index contributed by atoms with van der Waals surface area (Å²) >= 11 is 1.09. The molecular formula is C30H27F4N7O4S2. The monoisotopic (exact) mass is 689 g/mol. The van der Waals surface area contributed by atoms with Crippen molar-refractivity contribution in [3.8, 4) is 17.1 Å². The maximum absolute atomic E-state index is 15.1. The number of amides is 3. The predicted molar refractivity (Wildman–Crippen MR) is 171 cm³/mol. The molecule has 1 aliphatic rings. The van der Waals surface area contributed by atoms with Crippen molar-refractivity contribution in [3.63, 3.8) is 0 Å². The molecule has 0 atom stereocenters. The molecule has 17 heteroatoms. The van der Waals surface area contributed by atoms with Crippen molar-refractivity contribution >= 4 is 55.8 Å². The number of aromatic nitrogens is 3. The number of nitrogens with one attached hydrogen (secondary N) is 1. The largest absolute Gasteiger partial charge is 0.501 e. The molecule has 1 aromatic heterocycles. The first-order chi connectivity index (χ1) is 22.1. The molecule has 0 unspecified atom stereocenters. The number of carbonyl (C=O) groups excluding carboxylic acids is 2. The number of anilines is 3. The number of nitrogens with zero attached hydrogens (tertiary/aromatic N) is 6. The van der Waals surface area contributed by atoms with Crippen molar-refractivity contribution < 1.29 is 35.6 Å². The maximum Gasteiger partial charge on any atom is 0.501 e. The van der Waals surface area contributed by atoms with Crippen LogP contribution in [0.2, 0.25) is 0 Å². The number of amidine groups is 1. The number of carbonyl (C=O) groups is 2. The number of urea groups is 1. The van der Waals surface area contributed by atoms with Gasteiger partial charge >= 0.3 is 11.5 Å². The second-order valence-corrected chi connectivity index (χ2v) is 13.7. The normalized spacial score (nSPS) is 14.7. The summed E-state index contributed by atoms with van der Waals surface area (Å²) in [7, 11) is -1.76. The van der Waals surface area contributed by atoms with Crippen molar-refractivity contribution in [2.45, 2.75) is 30.2 Å². The Kier molecular flexibility index (Phi) is 9.14. The summed E-state index contributed by atoms with van der Waals surface area (Å²) in [5, 5.41) is 6.73. The van der Waals surface area contributed by atoms with Crippen LogP contribution in [0, 0.1) is 5.82 Å². The van der Waals surface area contributed by atoms with Gasteiger partial charge in [0.2, 0.25) is 5.91 Å². The van der Waals surface area contributed by atoms with E-state index in [1.807, 2.05) is 51.0 Å². The van der Waals surface area contributed by atoms with Crippen molar-refractivity contribution in [1.82, 2.24) is 14.8 Å². The Bertz CT molecular complexity index is 1990.